The van der Waals surface area contributed by atoms with E-state index in [0.29, 0.717) is 12.2 Å². The van der Waals surface area contributed by atoms with Crippen LogP contribution in [0.1, 0.15) is 29.2 Å². The molecule has 1 N–H and O–H groups in total. The maximum Gasteiger partial charge on any atom is 0.264 e. The molecule has 6 heteroatoms. The van der Waals surface area contributed by atoms with Crippen LogP contribution in [-0.4, -0.2) is 20.9 Å². The number of rotatable bonds is 8. The zero-order valence-corrected chi connectivity index (χ0v) is 18.9. The van der Waals surface area contributed by atoms with Gasteiger partial charge in [-0.05, 0) is 61.2 Å². The maximum atomic E-state index is 13.4. The van der Waals surface area contributed by atoms with Crippen molar-refractivity contribution in [2.45, 2.75) is 38.6 Å². The summed E-state index contributed by atoms with van der Waals surface area (Å²) in [6, 6.07) is 21.7. The van der Waals surface area contributed by atoms with Crippen LogP contribution >= 0.6 is 0 Å². The minimum atomic E-state index is -3.90. The molecule has 0 radical (unpaired) electrons. The van der Waals surface area contributed by atoms with Gasteiger partial charge in [-0.2, -0.15) is 0 Å². The van der Waals surface area contributed by atoms with Crippen molar-refractivity contribution in [3.63, 3.8) is 0 Å². The zero-order chi connectivity index (χ0) is 22.4. The van der Waals surface area contributed by atoms with Gasteiger partial charge in [-0.25, -0.2) is 8.42 Å². The highest BCUT2D eigenvalue weighted by atomic mass is 32.2. The second-order valence-corrected chi connectivity index (χ2v) is 9.41. The van der Waals surface area contributed by atoms with Crippen LogP contribution in [-0.2, 0) is 27.8 Å². The van der Waals surface area contributed by atoms with Crippen LogP contribution in [0.4, 0.5) is 5.69 Å². The van der Waals surface area contributed by atoms with Crippen LogP contribution in [0.25, 0.3) is 0 Å². The van der Waals surface area contributed by atoms with Crippen LogP contribution in [0.5, 0.6) is 0 Å². The number of nitrogens with zero attached hydrogens (tertiary/aromatic N) is 1. The molecule has 0 heterocycles. The first-order valence-electron chi connectivity index (χ1n) is 10.3. The summed E-state index contributed by atoms with van der Waals surface area (Å²) < 4.78 is 28.0. The van der Waals surface area contributed by atoms with Crippen molar-refractivity contribution in [2.75, 3.05) is 10.8 Å². The Hall–Kier alpha value is -3.12. The van der Waals surface area contributed by atoms with Gasteiger partial charge in [-0.3, -0.25) is 9.10 Å². The Bertz CT molecular complexity index is 1140. The molecule has 3 aromatic rings. The lowest BCUT2D eigenvalue weighted by Gasteiger charge is -2.24. The van der Waals surface area contributed by atoms with E-state index in [9.17, 15) is 13.2 Å². The van der Waals surface area contributed by atoms with E-state index in [-0.39, 0.29) is 17.3 Å². The largest absolute Gasteiger partial charge is 0.350 e. The van der Waals surface area contributed by atoms with E-state index in [2.05, 4.69) is 5.32 Å². The molecule has 5 nitrogen and oxygen atoms in total. The van der Waals surface area contributed by atoms with Gasteiger partial charge in [0.2, 0.25) is 5.91 Å². The molecule has 0 saturated heterocycles. The fourth-order valence-corrected chi connectivity index (χ4v) is 4.66. The van der Waals surface area contributed by atoms with Gasteiger partial charge in [-0.1, -0.05) is 61.0 Å². The highest BCUT2D eigenvalue weighted by molar-refractivity contribution is 7.92. The SMILES string of the molecule is CCc1ccc(N(CC(=O)NCc2ccccc2C)S(=O)(=O)c2ccc(C)cc2)cc1. The van der Waals surface area contributed by atoms with Gasteiger partial charge in [0.1, 0.15) is 6.54 Å². The predicted octanol–water partition coefficient (Wildman–Crippen LogP) is 4.38. The maximum absolute atomic E-state index is 13.4. The second-order valence-electron chi connectivity index (χ2n) is 7.55. The van der Waals surface area contributed by atoms with E-state index < -0.39 is 10.0 Å². The van der Waals surface area contributed by atoms with Crippen molar-refractivity contribution in [1.82, 2.24) is 5.32 Å². The number of aryl methyl sites for hydroxylation is 3. The molecule has 3 aromatic carbocycles. The summed E-state index contributed by atoms with van der Waals surface area (Å²) >= 11 is 0. The number of carbonyl (C=O) groups is 1. The molecule has 1 amide bonds. The monoisotopic (exact) mass is 436 g/mol. The molecule has 0 bridgehead atoms. The Kier molecular flexibility index (Phi) is 7.13. The Balaban J connectivity index is 1.87. The number of hydrogen-bond donors (Lipinski definition) is 1. The summed E-state index contributed by atoms with van der Waals surface area (Å²) in [6.07, 6.45) is 0.849. The Labute approximate surface area is 184 Å². The number of benzene rings is 3. The number of anilines is 1. The van der Waals surface area contributed by atoms with Gasteiger partial charge >= 0.3 is 0 Å². The average Bonchev–Trinajstić information content (AvgIpc) is 2.77. The molecule has 0 fully saturated rings. The summed E-state index contributed by atoms with van der Waals surface area (Å²) in [5.41, 5.74) is 4.59. The van der Waals surface area contributed by atoms with Crippen molar-refractivity contribution in [3.05, 3.63) is 95.1 Å². The Morgan fingerprint density at radius 2 is 1.55 bits per heavy atom. The van der Waals surface area contributed by atoms with Crippen molar-refractivity contribution >= 4 is 21.6 Å². The fraction of sp³-hybridized carbons (Fsp3) is 0.240. The third-order valence-electron chi connectivity index (χ3n) is 5.27. The number of hydrogen-bond acceptors (Lipinski definition) is 3. The summed E-state index contributed by atoms with van der Waals surface area (Å²) in [5, 5.41) is 2.85. The van der Waals surface area contributed by atoms with Crippen molar-refractivity contribution < 1.29 is 13.2 Å². The zero-order valence-electron chi connectivity index (χ0n) is 18.1. The lowest BCUT2D eigenvalue weighted by Crippen LogP contribution is -2.40. The lowest BCUT2D eigenvalue weighted by molar-refractivity contribution is -0.119. The molecule has 0 saturated carbocycles. The fourth-order valence-electron chi connectivity index (χ4n) is 3.24. The van der Waals surface area contributed by atoms with E-state index in [4.69, 9.17) is 0 Å². The molecule has 0 aromatic heterocycles. The van der Waals surface area contributed by atoms with Crippen molar-refractivity contribution in [3.8, 4) is 0 Å². The first-order chi connectivity index (χ1) is 14.8. The highest BCUT2D eigenvalue weighted by Crippen LogP contribution is 2.24. The molecule has 162 valence electrons. The third kappa shape index (κ3) is 5.52. The number of sulfonamides is 1. The molecule has 0 atom stereocenters. The van der Waals surface area contributed by atoms with Gasteiger partial charge < -0.3 is 5.32 Å². The van der Waals surface area contributed by atoms with Crippen LogP contribution in [0, 0.1) is 13.8 Å². The van der Waals surface area contributed by atoms with Crippen LogP contribution in [0.3, 0.4) is 0 Å². The standard InChI is InChI=1S/C25H28N2O3S/c1-4-21-11-13-23(14-12-21)27(31(29,30)24-15-9-19(2)10-16-24)18-25(28)26-17-22-8-6-5-7-20(22)3/h5-16H,4,17-18H2,1-3H3,(H,26,28). The first-order valence-corrected chi connectivity index (χ1v) is 11.7. The smallest absolute Gasteiger partial charge is 0.264 e. The lowest BCUT2D eigenvalue weighted by atomic mass is 10.1. The van der Waals surface area contributed by atoms with Gasteiger partial charge in [0.25, 0.3) is 10.0 Å². The van der Waals surface area contributed by atoms with E-state index in [1.54, 1.807) is 36.4 Å². The molecule has 3 rings (SSSR count). The van der Waals surface area contributed by atoms with E-state index >= 15 is 0 Å². The van der Waals surface area contributed by atoms with Crippen LogP contribution in [0.2, 0.25) is 0 Å². The Morgan fingerprint density at radius 1 is 0.903 bits per heavy atom. The predicted molar refractivity (Wildman–Crippen MR) is 125 cm³/mol. The molecule has 0 aliphatic rings. The summed E-state index contributed by atoms with van der Waals surface area (Å²) in [6.45, 7) is 5.96. The third-order valence-corrected chi connectivity index (χ3v) is 7.05. The van der Waals surface area contributed by atoms with Gasteiger partial charge in [0.15, 0.2) is 0 Å². The highest BCUT2D eigenvalue weighted by Gasteiger charge is 2.27. The normalized spacial score (nSPS) is 11.2. The first kappa shape index (κ1) is 22.6. The summed E-state index contributed by atoms with van der Waals surface area (Å²) in [5.74, 6) is -0.362. The molecular weight excluding hydrogens is 408 g/mol. The van der Waals surface area contributed by atoms with E-state index in [0.717, 1.165) is 28.7 Å². The summed E-state index contributed by atoms with van der Waals surface area (Å²) in [7, 11) is -3.90. The van der Waals surface area contributed by atoms with Gasteiger partial charge in [-0.15, -0.1) is 0 Å². The molecule has 0 aliphatic heterocycles. The topological polar surface area (TPSA) is 66.5 Å². The number of nitrogens with one attached hydrogen (secondary N) is 1. The van der Waals surface area contributed by atoms with Gasteiger partial charge in [0.05, 0.1) is 10.6 Å². The summed E-state index contributed by atoms with van der Waals surface area (Å²) in [4.78, 5) is 12.9. The minimum absolute atomic E-state index is 0.157. The number of carbonyl (C=O) groups excluding carboxylic acids is 1. The van der Waals surface area contributed by atoms with Gasteiger partial charge in [0, 0.05) is 6.54 Å². The molecular formula is C25H28N2O3S. The second kappa shape index (κ2) is 9.79. The van der Waals surface area contributed by atoms with Crippen molar-refractivity contribution in [2.24, 2.45) is 0 Å². The van der Waals surface area contributed by atoms with Crippen LogP contribution in [0.15, 0.2) is 77.7 Å². The quantitative estimate of drug-likeness (QED) is 0.570. The molecule has 0 spiro atoms. The number of amides is 1. The minimum Gasteiger partial charge on any atom is -0.350 e. The van der Waals surface area contributed by atoms with E-state index in [1.165, 1.54) is 4.31 Å². The van der Waals surface area contributed by atoms with E-state index in [1.807, 2.05) is 57.2 Å². The van der Waals surface area contributed by atoms with Crippen LogP contribution < -0.4 is 9.62 Å². The Morgan fingerprint density at radius 3 is 2.16 bits per heavy atom. The molecule has 0 aliphatic carbocycles. The van der Waals surface area contributed by atoms with Crippen molar-refractivity contribution in [1.29, 1.82) is 0 Å². The molecule has 0 unspecified atom stereocenters. The average molecular weight is 437 g/mol. The molecule has 31 heavy (non-hydrogen) atoms.